The van der Waals surface area contributed by atoms with Crippen molar-refractivity contribution in [2.24, 2.45) is 0 Å². The molecule has 0 unspecified atom stereocenters. The van der Waals surface area contributed by atoms with Crippen LogP contribution >= 0.6 is 0 Å². The number of methoxy groups -OCH3 is 1. The fourth-order valence-electron chi connectivity index (χ4n) is 1.58. The highest BCUT2D eigenvalue weighted by molar-refractivity contribution is 7.84. The normalized spacial score (nSPS) is 15.2. The van der Waals surface area contributed by atoms with Crippen molar-refractivity contribution >= 4 is 17.0 Å². The molecule has 5 nitrogen and oxygen atoms in total. The minimum atomic E-state index is -4.13. The Morgan fingerprint density at radius 1 is 1.36 bits per heavy atom. The van der Waals surface area contributed by atoms with Gasteiger partial charge in [-0.2, -0.15) is 8.78 Å². The predicted molar refractivity (Wildman–Crippen MR) is 79.3 cm³/mol. The summed E-state index contributed by atoms with van der Waals surface area (Å²) < 4.78 is 46.6. The largest absolute Gasteiger partial charge is 0.497 e. The molecule has 1 aromatic rings. The number of alkyl halides is 2. The molecule has 0 aromatic heterocycles. The summed E-state index contributed by atoms with van der Waals surface area (Å²) in [5.41, 5.74) is -0.0237. The van der Waals surface area contributed by atoms with Gasteiger partial charge in [-0.25, -0.2) is 13.7 Å². The Bertz CT molecular complexity index is 572. The average molecular weight is 335 g/mol. The van der Waals surface area contributed by atoms with Crippen LogP contribution in [0.2, 0.25) is 0 Å². The highest BCUT2D eigenvalue weighted by atomic mass is 32.2. The molecule has 0 amide bonds. The number of nitrogens with one attached hydrogen (secondary N) is 1. The van der Waals surface area contributed by atoms with Gasteiger partial charge in [-0.15, -0.1) is 0 Å². The summed E-state index contributed by atoms with van der Waals surface area (Å²) in [6.07, 6.45) is 0. The molecule has 1 aromatic carbocycles. The molecule has 0 aliphatic carbocycles. The van der Waals surface area contributed by atoms with Crippen molar-refractivity contribution in [3.05, 3.63) is 29.8 Å². The van der Waals surface area contributed by atoms with Gasteiger partial charge in [0.2, 0.25) is 0 Å². The van der Waals surface area contributed by atoms with Crippen LogP contribution in [-0.4, -0.2) is 33.1 Å². The summed E-state index contributed by atoms with van der Waals surface area (Å²) >= 11 is 0. The molecule has 0 heterocycles. The van der Waals surface area contributed by atoms with Gasteiger partial charge in [0.25, 0.3) is 0 Å². The van der Waals surface area contributed by atoms with Gasteiger partial charge in [-0.3, -0.25) is 0 Å². The molecule has 0 bridgehead atoms. The SMILES string of the molecule is COc1cccc([C@H](N[S@](=O)C(C)(C)C)C(F)(F)C(=O)O)c1. The van der Waals surface area contributed by atoms with E-state index in [1.807, 2.05) is 0 Å². The van der Waals surface area contributed by atoms with E-state index in [0.717, 1.165) is 0 Å². The van der Waals surface area contributed by atoms with Gasteiger partial charge in [0.1, 0.15) is 11.8 Å². The third kappa shape index (κ3) is 4.23. The van der Waals surface area contributed by atoms with E-state index in [2.05, 4.69) is 4.72 Å². The lowest BCUT2D eigenvalue weighted by Gasteiger charge is -2.28. The van der Waals surface area contributed by atoms with Crippen molar-refractivity contribution < 1.29 is 27.6 Å². The second-order valence-corrected chi connectivity index (χ2v) is 7.63. The standard InChI is InChI=1S/C14H19F2NO4S/c1-13(2,3)22(20)17-11(14(15,16)12(18)19)9-6-5-7-10(8-9)21-4/h5-8,11,17H,1-4H3,(H,18,19)/t11-,22+/m0/s1. The van der Waals surface area contributed by atoms with Gasteiger partial charge in [-0.1, -0.05) is 12.1 Å². The Hall–Kier alpha value is -1.54. The van der Waals surface area contributed by atoms with Crippen LogP contribution in [0.3, 0.4) is 0 Å². The molecule has 2 N–H and O–H groups in total. The van der Waals surface area contributed by atoms with Crippen LogP contribution in [0.4, 0.5) is 8.78 Å². The highest BCUT2D eigenvalue weighted by Crippen LogP contribution is 2.34. The molecule has 0 radical (unpaired) electrons. The minimum Gasteiger partial charge on any atom is -0.497 e. The quantitative estimate of drug-likeness (QED) is 0.837. The van der Waals surface area contributed by atoms with Crippen molar-refractivity contribution in [3.63, 3.8) is 0 Å². The predicted octanol–water partition coefficient (Wildman–Crippen LogP) is 2.51. The summed E-state index contributed by atoms with van der Waals surface area (Å²) in [6, 6.07) is 3.67. The lowest BCUT2D eigenvalue weighted by atomic mass is 10.0. The Morgan fingerprint density at radius 3 is 2.41 bits per heavy atom. The number of halogens is 2. The second-order valence-electron chi connectivity index (χ2n) is 5.64. The van der Waals surface area contributed by atoms with E-state index in [1.165, 1.54) is 25.3 Å². The molecular formula is C14H19F2NO4S. The molecule has 0 saturated heterocycles. The third-order valence-electron chi connectivity index (χ3n) is 2.86. The van der Waals surface area contributed by atoms with Gasteiger partial charge in [0.05, 0.1) is 22.8 Å². The van der Waals surface area contributed by atoms with Crippen LogP contribution in [0.5, 0.6) is 5.75 Å². The second kappa shape index (κ2) is 6.70. The van der Waals surface area contributed by atoms with E-state index in [-0.39, 0.29) is 5.56 Å². The highest BCUT2D eigenvalue weighted by Gasteiger charge is 2.49. The first-order valence-electron chi connectivity index (χ1n) is 6.43. The maximum atomic E-state index is 14.0. The molecule has 0 aliphatic heterocycles. The number of hydrogen-bond donors (Lipinski definition) is 2. The van der Waals surface area contributed by atoms with Gasteiger partial charge in [-0.05, 0) is 38.5 Å². The van der Waals surface area contributed by atoms with Crippen LogP contribution in [0.1, 0.15) is 32.4 Å². The maximum absolute atomic E-state index is 14.0. The first kappa shape index (κ1) is 18.5. The fraction of sp³-hybridized carbons (Fsp3) is 0.500. The average Bonchev–Trinajstić information content (AvgIpc) is 2.43. The molecule has 8 heteroatoms. The molecule has 0 saturated carbocycles. The maximum Gasteiger partial charge on any atom is 0.376 e. The number of benzene rings is 1. The number of carboxylic acid groups (broad SMARTS) is 1. The molecule has 2 atom stereocenters. The number of hydrogen-bond acceptors (Lipinski definition) is 3. The number of aliphatic carboxylic acids is 1. The summed E-state index contributed by atoms with van der Waals surface area (Å²) in [7, 11) is -0.508. The summed E-state index contributed by atoms with van der Waals surface area (Å²) in [5.74, 6) is -6.13. The molecule has 0 fully saturated rings. The van der Waals surface area contributed by atoms with E-state index in [9.17, 15) is 17.8 Å². The molecule has 0 spiro atoms. The summed E-state index contributed by atoms with van der Waals surface area (Å²) in [4.78, 5) is 10.9. The van der Waals surface area contributed by atoms with E-state index in [4.69, 9.17) is 9.84 Å². The number of carboxylic acids is 1. The molecular weight excluding hydrogens is 316 g/mol. The third-order valence-corrected chi connectivity index (χ3v) is 4.42. The number of ether oxygens (including phenoxy) is 1. The van der Waals surface area contributed by atoms with Crippen LogP contribution < -0.4 is 9.46 Å². The van der Waals surface area contributed by atoms with Crippen molar-refractivity contribution in [1.82, 2.24) is 4.72 Å². The van der Waals surface area contributed by atoms with Crippen molar-refractivity contribution in [1.29, 1.82) is 0 Å². The Kier molecular flexibility index (Phi) is 5.64. The van der Waals surface area contributed by atoms with Crippen LogP contribution in [0.25, 0.3) is 0 Å². The van der Waals surface area contributed by atoms with E-state index in [1.54, 1.807) is 26.8 Å². The Balaban J connectivity index is 3.28. The first-order valence-corrected chi connectivity index (χ1v) is 7.58. The lowest BCUT2D eigenvalue weighted by molar-refractivity contribution is -0.168. The monoisotopic (exact) mass is 335 g/mol. The van der Waals surface area contributed by atoms with Crippen LogP contribution in [0.15, 0.2) is 24.3 Å². The van der Waals surface area contributed by atoms with Crippen molar-refractivity contribution in [2.75, 3.05) is 7.11 Å². The van der Waals surface area contributed by atoms with E-state index < -0.39 is 33.7 Å². The van der Waals surface area contributed by atoms with E-state index in [0.29, 0.717) is 5.75 Å². The Labute approximate surface area is 130 Å². The fourth-order valence-corrected chi connectivity index (χ4v) is 2.43. The smallest absolute Gasteiger partial charge is 0.376 e. The Morgan fingerprint density at radius 2 is 1.95 bits per heavy atom. The van der Waals surface area contributed by atoms with Gasteiger partial charge >= 0.3 is 11.9 Å². The minimum absolute atomic E-state index is 0.0237. The zero-order valence-corrected chi connectivity index (χ0v) is 13.5. The number of carbonyl (C=O) groups is 1. The van der Waals surface area contributed by atoms with Crippen molar-refractivity contribution in [2.45, 2.75) is 37.5 Å². The summed E-state index contributed by atoms with van der Waals surface area (Å²) in [6.45, 7) is 4.78. The molecule has 0 aliphatic rings. The number of rotatable bonds is 6. The van der Waals surface area contributed by atoms with E-state index >= 15 is 0 Å². The lowest BCUT2D eigenvalue weighted by Crippen LogP contribution is -2.47. The molecule has 124 valence electrons. The van der Waals surface area contributed by atoms with Gasteiger partial charge in [0.15, 0.2) is 0 Å². The molecule has 22 heavy (non-hydrogen) atoms. The zero-order chi connectivity index (χ0) is 17.1. The molecule has 1 rings (SSSR count). The van der Waals surface area contributed by atoms with Crippen molar-refractivity contribution in [3.8, 4) is 5.75 Å². The van der Waals surface area contributed by atoms with Gasteiger partial charge in [0, 0.05) is 0 Å². The zero-order valence-electron chi connectivity index (χ0n) is 12.7. The summed E-state index contributed by atoms with van der Waals surface area (Å²) in [5, 5.41) is 8.79. The van der Waals surface area contributed by atoms with Crippen LogP contribution in [0, 0.1) is 0 Å². The van der Waals surface area contributed by atoms with Crippen LogP contribution in [-0.2, 0) is 15.8 Å². The first-order chi connectivity index (χ1) is 10.00. The topological polar surface area (TPSA) is 75.6 Å². The van der Waals surface area contributed by atoms with Gasteiger partial charge < -0.3 is 9.84 Å².